The maximum absolute atomic E-state index is 10.5. The topological polar surface area (TPSA) is 38.1 Å². The van der Waals surface area contributed by atoms with Crippen molar-refractivity contribution in [1.29, 1.82) is 0 Å². The molecule has 106 valence electrons. The minimum atomic E-state index is -0.341. The molecule has 1 aliphatic rings. The summed E-state index contributed by atoms with van der Waals surface area (Å²) in [7, 11) is 1.83. The Hall–Kier alpha value is -0.800. The van der Waals surface area contributed by atoms with Gasteiger partial charge in [0, 0.05) is 19.0 Å². The van der Waals surface area contributed by atoms with Crippen LogP contribution >= 0.6 is 11.6 Å². The molecule has 1 aliphatic carbocycles. The number of nitrogens with zero attached hydrogens (tertiary/aromatic N) is 2. The van der Waals surface area contributed by atoms with E-state index in [0.29, 0.717) is 23.4 Å². The third-order valence-electron chi connectivity index (χ3n) is 4.06. The fourth-order valence-electron chi connectivity index (χ4n) is 3.17. The summed E-state index contributed by atoms with van der Waals surface area (Å²) in [5, 5.41) is 15.4. The first-order valence-corrected chi connectivity index (χ1v) is 7.29. The minimum absolute atomic E-state index is 0.329. The summed E-state index contributed by atoms with van der Waals surface area (Å²) in [6.45, 7) is 6.31. The van der Waals surface area contributed by atoms with Gasteiger partial charge in [0.2, 0.25) is 0 Å². The predicted octanol–water partition coefficient (Wildman–Crippen LogP) is 3.28. The lowest BCUT2D eigenvalue weighted by Gasteiger charge is -2.29. The molecule has 2 rings (SSSR count). The van der Waals surface area contributed by atoms with Gasteiger partial charge in [0.1, 0.15) is 5.15 Å². The molecule has 0 spiro atoms. The Bertz CT molecular complexity index is 493. The van der Waals surface area contributed by atoms with Gasteiger partial charge in [-0.15, -0.1) is 0 Å². The normalized spacial score (nSPS) is 25.3. The number of hydrogen-bond acceptors (Lipinski definition) is 2. The molecule has 1 aromatic rings. The molecule has 4 heteroatoms. The summed E-state index contributed by atoms with van der Waals surface area (Å²) >= 11 is 6.23. The smallest absolute Gasteiger partial charge is 0.130 e. The molecule has 0 amide bonds. The molecule has 0 aliphatic heterocycles. The number of halogens is 1. The standard InChI is InChI=1S/C15H23ClN2O/c1-9-5-10(2)7-12(6-9)14(19)8-13-11(3)17-18(4)15(13)16/h5,9,12,14,19H,6-8H2,1-4H3. The second kappa shape index (κ2) is 5.68. The molecule has 1 N–H and O–H groups in total. The van der Waals surface area contributed by atoms with Crippen molar-refractivity contribution < 1.29 is 5.11 Å². The molecule has 0 fully saturated rings. The number of aryl methyl sites for hydroxylation is 2. The summed E-state index contributed by atoms with van der Waals surface area (Å²) in [4.78, 5) is 0. The van der Waals surface area contributed by atoms with Crippen molar-refractivity contribution in [2.45, 2.75) is 46.1 Å². The Morgan fingerprint density at radius 2 is 2.21 bits per heavy atom. The Morgan fingerprint density at radius 1 is 1.53 bits per heavy atom. The molecule has 0 radical (unpaired) electrons. The van der Waals surface area contributed by atoms with E-state index in [0.717, 1.165) is 24.1 Å². The maximum atomic E-state index is 10.5. The zero-order valence-corrected chi connectivity index (χ0v) is 12.9. The second-order valence-corrected chi connectivity index (χ2v) is 6.30. The van der Waals surface area contributed by atoms with Crippen LogP contribution in [0.1, 0.15) is 37.9 Å². The molecule has 19 heavy (non-hydrogen) atoms. The zero-order chi connectivity index (χ0) is 14.2. The van der Waals surface area contributed by atoms with Crippen LogP contribution in [0.5, 0.6) is 0 Å². The van der Waals surface area contributed by atoms with Gasteiger partial charge in [-0.3, -0.25) is 4.68 Å². The number of aliphatic hydroxyl groups excluding tert-OH is 1. The number of aromatic nitrogens is 2. The lowest BCUT2D eigenvalue weighted by atomic mass is 9.79. The van der Waals surface area contributed by atoms with Gasteiger partial charge in [-0.05, 0) is 38.5 Å². The summed E-state index contributed by atoms with van der Waals surface area (Å²) in [6, 6.07) is 0. The fourth-order valence-corrected chi connectivity index (χ4v) is 3.42. The highest BCUT2D eigenvalue weighted by Gasteiger charge is 2.26. The van der Waals surface area contributed by atoms with Gasteiger partial charge in [-0.25, -0.2) is 0 Å². The molecular formula is C15H23ClN2O. The van der Waals surface area contributed by atoms with Crippen molar-refractivity contribution in [1.82, 2.24) is 9.78 Å². The van der Waals surface area contributed by atoms with E-state index < -0.39 is 0 Å². The first-order valence-electron chi connectivity index (χ1n) is 6.91. The quantitative estimate of drug-likeness (QED) is 0.864. The van der Waals surface area contributed by atoms with Gasteiger partial charge < -0.3 is 5.11 Å². The highest BCUT2D eigenvalue weighted by molar-refractivity contribution is 6.30. The lowest BCUT2D eigenvalue weighted by Crippen LogP contribution is -2.27. The predicted molar refractivity (Wildman–Crippen MR) is 78.3 cm³/mol. The van der Waals surface area contributed by atoms with Crippen molar-refractivity contribution >= 4 is 11.6 Å². The van der Waals surface area contributed by atoms with Crippen LogP contribution in [0, 0.1) is 18.8 Å². The molecular weight excluding hydrogens is 260 g/mol. The molecule has 1 heterocycles. The third-order valence-corrected chi connectivity index (χ3v) is 4.53. The Morgan fingerprint density at radius 3 is 2.74 bits per heavy atom. The highest BCUT2D eigenvalue weighted by Crippen LogP contribution is 2.32. The van der Waals surface area contributed by atoms with Crippen molar-refractivity contribution in [3.8, 4) is 0 Å². The summed E-state index contributed by atoms with van der Waals surface area (Å²) in [6.07, 6.45) is 4.61. The van der Waals surface area contributed by atoms with Crippen LogP contribution in [0.25, 0.3) is 0 Å². The van der Waals surface area contributed by atoms with Crippen molar-refractivity contribution in [3.63, 3.8) is 0 Å². The van der Waals surface area contributed by atoms with E-state index in [2.05, 4.69) is 25.0 Å². The molecule has 3 atom stereocenters. The van der Waals surface area contributed by atoms with E-state index in [1.165, 1.54) is 5.57 Å². The van der Waals surface area contributed by atoms with E-state index in [-0.39, 0.29) is 6.10 Å². The van der Waals surface area contributed by atoms with Crippen LogP contribution in [0.15, 0.2) is 11.6 Å². The Balaban J connectivity index is 2.09. The van der Waals surface area contributed by atoms with E-state index in [1.54, 1.807) is 4.68 Å². The van der Waals surface area contributed by atoms with E-state index in [4.69, 9.17) is 11.6 Å². The monoisotopic (exact) mass is 282 g/mol. The Kier molecular flexibility index (Phi) is 4.36. The number of aliphatic hydroxyl groups is 1. The average Bonchev–Trinajstić information content (AvgIpc) is 2.54. The van der Waals surface area contributed by atoms with E-state index in [1.807, 2.05) is 14.0 Å². The summed E-state index contributed by atoms with van der Waals surface area (Å²) in [5.74, 6) is 0.884. The number of allylic oxidation sites excluding steroid dienone is 2. The first-order chi connectivity index (χ1) is 8.88. The van der Waals surface area contributed by atoms with Crippen LogP contribution in [0.3, 0.4) is 0 Å². The van der Waals surface area contributed by atoms with E-state index in [9.17, 15) is 5.11 Å². The Labute approximate surface area is 120 Å². The molecule has 0 bridgehead atoms. The van der Waals surface area contributed by atoms with Crippen molar-refractivity contribution in [2.24, 2.45) is 18.9 Å². The molecule has 0 saturated carbocycles. The zero-order valence-electron chi connectivity index (χ0n) is 12.2. The second-order valence-electron chi connectivity index (χ2n) is 5.94. The largest absolute Gasteiger partial charge is 0.392 e. The van der Waals surface area contributed by atoms with Crippen LogP contribution < -0.4 is 0 Å². The van der Waals surface area contributed by atoms with Gasteiger partial charge in [-0.2, -0.15) is 5.10 Å². The number of hydrogen-bond donors (Lipinski definition) is 1. The third kappa shape index (κ3) is 3.21. The summed E-state index contributed by atoms with van der Waals surface area (Å²) < 4.78 is 1.67. The van der Waals surface area contributed by atoms with Crippen molar-refractivity contribution in [2.75, 3.05) is 0 Å². The van der Waals surface area contributed by atoms with Gasteiger partial charge in [0.25, 0.3) is 0 Å². The minimum Gasteiger partial charge on any atom is -0.392 e. The molecule has 1 aromatic heterocycles. The van der Waals surface area contributed by atoms with Crippen LogP contribution in [0.4, 0.5) is 0 Å². The van der Waals surface area contributed by atoms with Crippen molar-refractivity contribution in [3.05, 3.63) is 28.1 Å². The average molecular weight is 283 g/mol. The fraction of sp³-hybridized carbons (Fsp3) is 0.667. The van der Waals surface area contributed by atoms with Gasteiger partial charge >= 0.3 is 0 Å². The molecule has 0 aromatic carbocycles. The van der Waals surface area contributed by atoms with Crippen LogP contribution in [-0.4, -0.2) is 21.0 Å². The SMILES string of the molecule is CC1=CC(C)CC(C(O)Cc2c(C)nn(C)c2Cl)C1. The van der Waals surface area contributed by atoms with Gasteiger partial charge in [-0.1, -0.05) is 30.2 Å². The lowest BCUT2D eigenvalue weighted by molar-refractivity contribution is 0.0931. The first kappa shape index (κ1) is 14.6. The van der Waals surface area contributed by atoms with E-state index >= 15 is 0 Å². The van der Waals surface area contributed by atoms with Gasteiger partial charge in [0.15, 0.2) is 0 Å². The molecule has 3 nitrogen and oxygen atoms in total. The van der Waals surface area contributed by atoms with Gasteiger partial charge in [0.05, 0.1) is 11.8 Å². The van der Waals surface area contributed by atoms with Crippen LogP contribution in [0.2, 0.25) is 5.15 Å². The van der Waals surface area contributed by atoms with Crippen LogP contribution in [-0.2, 0) is 13.5 Å². The molecule has 3 unspecified atom stereocenters. The highest BCUT2D eigenvalue weighted by atomic mass is 35.5. The number of rotatable bonds is 3. The summed E-state index contributed by atoms with van der Waals surface area (Å²) in [5.41, 5.74) is 3.29. The molecule has 0 saturated heterocycles. The maximum Gasteiger partial charge on any atom is 0.130 e.